The molecule has 7 nitrogen and oxygen atoms in total. The molecule has 1 saturated heterocycles. The maximum Gasteiger partial charge on any atom is 0.227 e. The van der Waals surface area contributed by atoms with E-state index in [0.717, 1.165) is 35.5 Å². The van der Waals surface area contributed by atoms with Crippen molar-refractivity contribution in [2.45, 2.75) is 13.3 Å². The molecule has 8 heteroatoms. The van der Waals surface area contributed by atoms with Crippen LogP contribution < -0.4 is 0 Å². The number of fused-ring (bicyclic) bond motifs is 1. The minimum atomic E-state index is -2.94. The number of carbonyl (C=O) groups excluding carboxylic acids is 1. The summed E-state index contributed by atoms with van der Waals surface area (Å²) in [7, 11) is -2.94. The molecule has 1 aliphatic heterocycles. The smallest absolute Gasteiger partial charge is 0.227 e. The molecular weight excluding hydrogens is 340 g/mol. The van der Waals surface area contributed by atoms with Crippen molar-refractivity contribution in [3.05, 3.63) is 29.6 Å². The summed E-state index contributed by atoms with van der Waals surface area (Å²) < 4.78 is 22.5. The van der Waals surface area contributed by atoms with Crippen LogP contribution in [0.4, 0.5) is 0 Å². The van der Waals surface area contributed by atoms with Gasteiger partial charge in [0.1, 0.15) is 15.7 Å². The molecule has 25 heavy (non-hydrogen) atoms. The van der Waals surface area contributed by atoms with Gasteiger partial charge in [0.2, 0.25) is 5.91 Å². The number of benzene rings is 1. The van der Waals surface area contributed by atoms with Gasteiger partial charge in [-0.3, -0.25) is 9.69 Å². The minimum Gasteiger partial charge on any atom is -0.342 e. The average molecular weight is 364 g/mol. The van der Waals surface area contributed by atoms with Gasteiger partial charge in [-0.2, -0.15) is 0 Å². The first-order valence-corrected chi connectivity index (χ1v) is 10.5. The third-order valence-corrected chi connectivity index (χ3v) is 5.45. The first-order valence-electron chi connectivity index (χ1n) is 8.43. The summed E-state index contributed by atoms with van der Waals surface area (Å²) in [5, 5.41) is 0. The molecule has 0 radical (unpaired) electrons. The number of aryl methyl sites for hydroxylation is 1. The molecule has 2 aromatic rings. The van der Waals surface area contributed by atoms with Crippen molar-refractivity contribution in [2.24, 2.45) is 0 Å². The number of piperazine rings is 1. The van der Waals surface area contributed by atoms with E-state index in [-0.39, 0.29) is 11.7 Å². The number of hydrogen-bond acceptors (Lipinski definition) is 5. The van der Waals surface area contributed by atoms with Crippen molar-refractivity contribution in [1.82, 2.24) is 19.8 Å². The molecule has 1 amide bonds. The summed E-state index contributed by atoms with van der Waals surface area (Å²) in [5.41, 5.74) is 2.84. The lowest BCUT2D eigenvalue weighted by atomic mass is 10.1. The molecule has 1 aromatic heterocycles. The van der Waals surface area contributed by atoms with Crippen LogP contribution >= 0.6 is 0 Å². The third kappa shape index (κ3) is 4.79. The van der Waals surface area contributed by atoms with E-state index in [0.29, 0.717) is 26.1 Å². The van der Waals surface area contributed by atoms with Crippen molar-refractivity contribution >= 4 is 26.8 Å². The van der Waals surface area contributed by atoms with E-state index in [4.69, 9.17) is 0 Å². The maximum atomic E-state index is 12.5. The molecule has 0 spiro atoms. The predicted molar refractivity (Wildman–Crippen MR) is 97.3 cm³/mol. The second kappa shape index (κ2) is 7.13. The van der Waals surface area contributed by atoms with Crippen molar-refractivity contribution in [3.63, 3.8) is 0 Å². The number of amides is 1. The Morgan fingerprint density at radius 1 is 1.24 bits per heavy atom. The average Bonchev–Trinajstić information content (AvgIpc) is 2.92. The summed E-state index contributed by atoms with van der Waals surface area (Å²) in [6.07, 6.45) is 1.63. The van der Waals surface area contributed by atoms with Crippen molar-refractivity contribution in [2.75, 3.05) is 44.7 Å². The van der Waals surface area contributed by atoms with Gasteiger partial charge in [-0.25, -0.2) is 13.4 Å². The quantitative estimate of drug-likeness (QED) is 0.840. The molecule has 1 N–H and O–H groups in total. The first kappa shape index (κ1) is 17.9. The molecule has 0 aliphatic carbocycles. The maximum absolute atomic E-state index is 12.5. The fourth-order valence-corrected chi connectivity index (χ4v) is 3.69. The second-order valence-electron chi connectivity index (χ2n) is 6.70. The van der Waals surface area contributed by atoms with Crippen LogP contribution in [0.25, 0.3) is 11.0 Å². The van der Waals surface area contributed by atoms with Gasteiger partial charge in [0.25, 0.3) is 0 Å². The molecule has 0 unspecified atom stereocenters. The largest absolute Gasteiger partial charge is 0.342 e. The van der Waals surface area contributed by atoms with E-state index < -0.39 is 9.84 Å². The van der Waals surface area contributed by atoms with Crippen LogP contribution in [0.1, 0.15) is 11.4 Å². The predicted octanol–water partition coefficient (Wildman–Crippen LogP) is 0.603. The molecule has 0 bridgehead atoms. The van der Waals surface area contributed by atoms with E-state index >= 15 is 0 Å². The van der Waals surface area contributed by atoms with Crippen molar-refractivity contribution < 1.29 is 13.2 Å². The Morgan fingerprint density at radius 3 is 2.64 bits per heavy atom. The summed E-state index contributed by atoms with van der Waals surface area (Å²) in [5.74, 6) is 1.15. The van der Waals surface area contributed by atoms with Crippen molar-refractivity contribution in [3.8, 4) is 0 Å². The summed E-state index contributed by atoms with van der Waals surface area (Å²) >= 11 is 0. The van der Waals surface area contributed by atoms with Gasteiger partial charge in [0.15, 0.2) is 0 Å². The SMILES string of the molecule is Cc1nc2ccc(CC(=O)N3CCN(CCS(C)(=O)=O)CC3)cc2[nH]1. The molecule has 1 aromatic carbocycles. The Labute approximate surface area is 147 Å². The Morgan fingerprint density at radius 2 is 1.96 bits per heavy atom. The van der Waals surface area contributed by atoms with Gasteiger partial charge >= 0.3 is 0 Å². The van der Waals surface area contributed by atoms with E-state index in [1.165, 1.54) is 6.26 Å². The van der Waals surface area contributed by atoms with Gasteiger partial charge in [-0.05, 0) is 24.6 Å². The molecule has 0 atom stereocenters. The normalized spacial score (nSPS) is 16.5. The molecule has 2 heterocycles. The molecule has 1 aliphatic rings. The van der Waals surface area contributed by atoms with Crippen LogP contribution in [-0.2, 0) is 21.1 Å². The molecule has 3 rings (SSSR count). The van der Waals surface area contributed by atoms with Crippen molar-refractivity contribution in [1.29, 1.82) is 0 Å². The Kier molecular flexibility index (Phi) is 5.10. The fraction of sp³-hybridized carbons (Fsp3) is 0.529. The summed E-state index contributed by atoms with van der Waals surface area (Å²) in [4.78, 5) is 24.0. The number of aromatic nitrogens is 2. The number of nitrogens with one attached hydrogen (secondary N) is 1. The molecule has 136 valence electrons. The number of carbonyl (C=O) groups is 1. The van der Waals surface area contributed by atoms with Crippen LogP contribution in [0.15, 0.2) is 18.2 Å². The first-order chi connectivity index (χ1) is 11.8. The lowest BCUT2D eigenvalue weighted by Gasteiger charge is -2.34. The zero-order chi connectivity index (χ0) is 18.0. The van der Waals surface area contributed by atoms with E-state index in [9.17, 15) is 13.2 Å². The fourth-order valence-electron chi connectivity index (χ4n) is 3.10. The van der Waals surface area contributed by atoms with Gasteiger partial charge in [-0.1, -0.05) is 6.07 Å². The number of H-pyrrole nitrogens is 1. The highest BCUT2D eigenvalue weighted by molar-refractivity contribution is 7.90. The molecule has 0 saturated carbocycles. The Bertz CT molecular complexity index is 867. The number of nitrogens with zero attached hydrogens (tertiary/aromatic N) is 3. The van der Waals surface area contributed by atoms with E-state index in [1.54, 1.807) is 0 Å². The highest BCUT2D eigenvalue weighted by atomic mass is 32.2. The second-order valence-corrected chi connectivity index (χ2v) is 8.96. The number of aromatic amines is 1. The summed E-state index contributed by atoms with van der Waals surface area (Å²) in [6, 6.07) is 5.86. The van der Waals surface area contributed by atoms with Gasteiger partial charge in [-0.15, -0.1) is 0 Å². The molecule has 1 fully saturated rings. The highest BCUT2D eigenvalue weighted by Crippen LogP contribution is 2.15. The topological polar surface area (TPSA) is 86.4 Å². The Balaban J connectivity index is 1.53. The minimum absolute atomic E-state index is 0.110. The number of rotatable bonds is 5. The third-order valence-electron chi connectivity index (χ3n) is 4.52. The van der Waals surface area contributed by atoms with Gasteiger partial charge in [0.05, 0.1) is 23.2 Å². The van der Waals surface area contributed by atoms with Crippen LogP contribution in [0.2, 0.25) is 0 Å². The number of sulfone groups is 1. The Hall–Kier alpha value is -1.93. The highest BCUT2D eigenvalue weighted by Gasteiger charge is 2.21. The van der Waals surface area contributed by atoms with Crippen LogP contribution in [0, 0.1) is 6.92 Å². The van der Waals surface area contributed by atoms with Crippen LogP contribution in [0.3, 0.4) is 0 Å². The lowest BCUT2D eigenvalue weighted by molar-refractivity contribution is -0.132. The van der Waals surface area contributed by atoms with E-state index in [1.807, 2.05) is 30.0 Å². The standard InChI is InChI=1S/C17H24N4O3S/c1-13-18-15-4-3-14(11-16(15)19-13)12-17(22)21-7-5-20(6-8-21)9-10-25(2,23)24/h3-4,11H,5-10,12H2,1-2H3,(H,18,19). The zero-order valence-corrected chi connectivity index (χ0v) is 15.5. The summed E-state index contributed by atoms with van der Waals surface area (Å²) in [6.45, 7) is 5.19. The number of imidazole rings is 1. The van der Waals surface area contributed by atoms with E-state index in [2.05, 4.69) is 14.9 Å². The number of hydrogen-bond donors (Lipinski definition) is 1. The molecular formula is C17H24N4O3S. The zero-order valence-electron chi connectivity index (χ0n) is 14.7. The lowest BCUT2D eigenvalue weighted by Crippen LogP contribution is -2.50. The van der Waals surface area contributed by atoms with Gasteiger partial charge < -0.3 is 9.88 Å². The van der Waals surface area contributed by atoms with Crippen LogP contribution in [-0.4, -0.2) is 78.8 Å². The monoisotopic (exact) mass is 364 g/mol. The van der Waals surface area contributed by atoms with Gasteiger partial charge in [0, 0.05) is 39.0 Å². The van der Waals surface area contributed by atoms with Crippen LogP contribution in [0.5, 0.6) is 0 Å².